The SMILES string of the molecule is CN(C)CCCn1c(-c2cccs2)nc2c(N)cccc21. The summed E-state index contributed by atoms with van der Waals surface area (Å²) in [5, 5.41) is 2.09. The minimum atomic E-state index is 0.747. The molecule has 3 rings (SSSR count). The van der Waals surface area contributed by atoms with Crippen molar-refractivity contribution in [2.75, 3.05) is 26.4 Å². The van der Waals surface area contributed by atoms with Gasteiger partial charge in [-0.05, 0) is 50.6 Å². The topological polar surface area (TPSA) is 47.1 Å². The second-order valence-electron chi connectivity index (χ2n) is 5.44. The predicted octanol–water partition coefficient (Wildman–Crippen LogP) is 3.30. The Morgan fingerprint density at radius 3 is 2.81 bits per heavy atom. The van der Waals surface area contributed by atoms with Crippen molar-refractivity contribution in [2.45, 2.75) is 13.0 Å². The summed E-state index contributed by atoms with van der Waals surface area (Å²) in [6.45, 7) is 2.01. The number of nitrogens with zero attached hydrogens (tertiary/aromatic N) is 3. The summed E-state index contributed by atoms with van der Waals surface area (Å²) in [6, 6.07) is 10.2. The second kappa shape index (κ2) is 5.87. The number of anilines is 1. The van der Waals surface area contributed by atoms with Gasteiger partial charge in [-0.1, -0.05) is 12.1 Å². The van der Waals surface area contributed by atoms with Crippen LogP contribution in [-0.4, -0.2) is 35.1 Å². The number of aryl methyl sites for hydroxylation is 1. The highest BCUT2D eigenvalue weighted by molar-refractivity contribution is 7.13. The first-order valence-electron chi connectivity index (χ1n) is 7.10. The molecule has 0 saturated heterocycles. The van der Waals surface area contributed by atoms with Crippen molar-refractivity contribution in [3.8, 4) is 10.7 Å². The van der Waals surface area contributed by atoms with Gasteiger partial charge in [0.05, 0.1) is 16.1 Å². The number of fused-ring (bicyclic) bond motifs is 1. The van der Waals surface area contributed by atoms with Gasteiger partial charge in [0.2, 0.25) is 0 Å². The second-order valence-corrected chi connectivity index (χ2v) is 6.38. The Morgan fingerprint density at radius 2 is 2.10 bits per heavy atom. The Balaban J connectivity index is 2.05. The molecule has 0 aliphatic rings. The van der Waals surface area contributed by atoms with Crippen molar-refractivity contribution >= 4 is 28.1 Å². The van der Waals surface area contributed by atoms with E-state index in [-0.39, 0.29) is 0 Å². The minimum Gasteiger partial charge on any atom is -0.397 e. The lowest BCUT2D eigenvalue weighted by Crippen LogP contribution is -2.15. The number of nitrogens with two attached hydrogens (primary N) is 1. The average Bonchev–Trinajstić information content (AvgIpc) is 3.07. The lowest BCUT2D eigenvalue weighted by molar-refractivity contribution is 0.388. The van der Waals surface area contributed by atoms with Crippen molar-refractivity contribution in [3.05, 3.63) is 35.7 Å². The molecule has 3 aromatic rings. The van der Waals surface area contributed by atoms with Gasteiger partial charge < -0.3 is 15.2 Å². The third-order valence-corrected chi connectivity index (χ3v) is 4.40. The van der Waals surface area contributed by atoms with E-state index in [0.717, 1.165) is 42.1 Å². The molecule has 0 aliphatic heterocycles. The van der Waals surface area contributed by atoms with E-state index in [0.29, 0.717) is 0 Å². The molecular formula is C16H20N4S. The van der Waals surface area contributed by atoms with Gasteiger partial charge >= 0.3 is 0 Å². The number of para-hydroxylation sites is 1. The monoisotopic (exact) mass is 300 g/mol. The molecule has 0 spiro atoms. The molecule has 2 aromatic heterocycles. The number of imidazole rings is 1. The molecule has 21 heavy (non-hydrogen) atoms. The molecule has 110 valence electrons. The van der Waals surface area contributed by atoms with E-state index in [4.69, 9.17) is 10.7 Å². The maximum absolute atomic E-state index is 6.09. The van der Waals surface area contributed by atoms with Gasteiger partial charge in [0, 0.05) is 6.54 Å². The van der Waals surface area contributed by atoms with Crippen LogP contribution in [0.4, 0.5) is 5.69 Å². The van der Waals surface area contributed by atoms with E-state index < -0.39 is 0 Å². The largest absolute Gasteiger partial charge is 0.397 e. The summed E-state index contributed by atoms with van der Waals surface area (Å²) in [5.74, 6) is 1.02. The molecule has 0 amide bonds. The number of rotatable bonds is 5. The van der Waals surface area contributed by atoms with E-state index in [1.54, 1.807) is 11.3 Å². The molecule has 0 aliphatic carbocycles. The molecule has 4 nitrogen and oxygen atoms in total. The molecule has 0 atom stereocenters. The summed E-state index contributed by atoms with van der Waals surface area (Å²) in [7, 11) is 4.20. The van der Waals surface area contributed by atoms with Crippen LogP contribution in [0, 0.1) is 0 Å². The molecule has 0 unspecified atom stereocenters. The zero-order valence-corrected chi connectivity index (χ0v) is 13.2. The Bertz CT molecular complexity index is 728. The van der Waals surface area contributed by atoms with Crippen LogP contribution in [-0.2, 0) is 6.54 Å². The molecule has 2 N–H and O–H groups in total. The molecule has 0 fully saturated rings. The van der Waals surface area contributed by atoms with Crippen molar-refractivity contribution < 1.29 is 0 Å². The lowest BCUT2D eigenvalue weighted by atomic mass is 10.2. The van der Waals surface area contributed by atoms with Gasteiger partial charge in [-0.15, -0.1) is 11.3 Å². The summed E-state index contributed by atoms with van der Waals surface area (Å²) in [6.07, 6.45) is 1.09. The standard InChI is InChI=1S/C16H20N4S/c1-19(2)9-5-10-20-13-7-3-6-12(17)15(13)18-16(20)14-8-4-11-21-14/h3-4,6-8,11H,5,9-10,17H2,1-2H3. The van der Waals surface area contributed by atoms with Gasteiger partial charge in [0.15, 0.2) is 5.82 Å². The maximum Gasteiger partial charge on any atom is 0.151 e. The number of nitrogen functional groups attached to an aromatic ring is 1. The number of benzene rings is 1. The van der Waals surface area contributed by atoms with Crippen LogP contribution >= 0.6 is 11.3 Å². The van der Waals surface area contributed by atoms with E-state index >= 15 is 0 Å². The molecule has 1 aromatic carbocycles. The molecule has 5 heteroatoms. The normalized spacial score (nSPS) is 11.6. The highest BCUT2D eigenvalue weighted by atomic mass is 32.1. The van der Waals surface area contributed by atoms with E-state index in [2.05, 4.69) is 47.1 Å². The quantitative estimate of drug-likeness (QED) is 0.735. The van der Waals surface area contributed by atoms with E-state index in [9.17, 15) is 0 Å². The Kier molecular flexibility index (Phi) is 3.94. The third kappa shape index (κ3) is 2.80. The van der Waals surface area contributed by atoms with Gasteiger partial charge in [0.25, 0.3) is 0 Å². The van der Waals surface area contributed by atoms with E-state index in [1.807, 2.05) is 12.1 Å². The van der Waals surface area contributed by atoms with Crippen LogP contribution in [0.5, 0.6) is 0 Å². The number of thiophene rings is 1. The van der Waals surface area contributed by atoms with E-state index in [1.165, 1.54) is 4.88 Å². The zero-order valence-electron chi connectivity index (χ0n) is 12.4. The minimum absolute atomic E-state index is 0.747. The van der Waals surface area contributed by atoms with Crippen molar-refractivity contribution in [1.29, 1.82) is 0 Å². The Morgan fingerprint density at radius 1 is 1.24 bits per heavy atom. The van der Waals surface area contributed by atoms with Crippen LogP contribution in [0.3, 0.4) is 0 Å². The van der Waals surface area contributed by atoms with Gasteiger partial charge in [-0.3, -0.25) is 0 Å². The van der Waals surface area contributed by atoms with Crippen LogP contribution in [0.15, 0.2) is 35.7 Å². The number of hydrogen-bond acceptors (Lipinski definition) is 4. The van der Waals surface area contributed by atoms with Gasteiger partial charge in [-0.2, -0.15) is 0 Å². The lowest BCUT2D eigenvalue weighted by Gasteiger charge is -2.12. The van der Waals surface area contributed by atoms with Gasteiger partial charge in [-0.25, -0.2) is 4.98 Å². The third-order valence-electron chi connectivity index (χ3n) is 3.54. The molecule has 2 heterocycles. The summed E-state index contributed by atoms with van der Waals surface area (Å²) < 4.78 is 2.29. The Labute approximate surface area is 128 Å². The highest BCUT2D eigenvalue weighted by Crippen LogP contribution is 2.30. The molecule has 0 saturated carbocycles. The van der Waals surface area contributed by atoms with Gasteiger partial charge in [0.1, 0.15) is 5.52 Å². The van der Waals surface area contributed by atoms with Crippen molar-refractivity contribution in [1.82, 2.24) is 14.5 Å². The first kappa shape index (κ1) is 14.1. The number of hydrogen-bond donors (Lipinski definition) is 1. The fourth-order valence-corrected chi connectivity index (χ4v) is 3.26. The molecule has 0 bridgehead atoms. The molecule has 0 radical (unpaired) electrons. The Hall–Kier alpha value is -1.85. The van der Waals surface area contributed by atoms with Crippen LogP contribution in [0.2, 0.25) is 0 Å². The first-order valence-corrected chi connectivity index (χ1v) is 7.98. The first-order chi connectivity index (χ1) is 10.2. The van der Waals surface area contributed by atoms with Crippen LogP contribution in [0.1, 0.15) is 6.42 Å². The number of aromatic nitrogens is 2. The van der Waals surface area contributed by atoms with Crippen molar-refractivity contribution in [2.24, 2.45) is 0 Å². The van der Waals surface area contributed by atoms with Crippen LogP contribution in [0.25, 0.3) is 21.7 Å². The fourth-order valence-electron chi connectivity index (χ4n) is 2.53. The van der Waals surface area contributed by atoms with Crippen molar-refractivity contribution in [3.63, 3.8) is 0 Å². The zero-order chi connectivity index (χ0) is 14.8. The maximum atomic E-state index is 6.09. The summed E-state index contributed by atoms with van der Waals surface area (Å²) >= 11 is 1.72. The summed E-state index contributed by atoms with van der Waals surface area (Å²) in [5.41, 5.74) is 8.87. The molecular weight excluding hydrogens is 280 g/mol. The predicted molar refractivity (Wildman–Crippen MR) is 90.6 cm³/mol. The average molecular weight is 300 g/mol. The smallest absolute Gasteiger partial charge is 0.151 e. The highest BCUT2D eigenvalue weighted by Gasteiger charge is 2.14. The fraction of sp³-hybridized carbons (Fsp3) is 0.312. The summed E-state index contributed by atoms with van der Waals surface area (Å²) in [4.78, 5) is 8.18. The van der Waals surface area contributed by atoms with Crippen LogP contribution < -0.4 is 5.73 Å².